The molecule has 0 aliphatic carbocycles. The molecule has 0 saturated carbocycles. The van der Waals surface area contributed by atoms with E-state index in [9.17, 15) is 5.11 Å². The lowest BCUT2D eigenvalue weighted by molar-refractivity contribution is -0.0932. The van der Waals surface area contributed by atoms with Gasteiger partial charge in [0.1, 0.15) is 0 Å². The van der Waals surface area contributed by atoms with Gasteiger partial charge in [-0.25, -0.2) is 0 Å². The van der Waals surface area contributed by atoms with Crippen molar-refractivity contribution in [2.75, 3.05) is 26.2 Å². The average molecular weight is 235 g/mol. The van der Waals surface area contributed by atoms with Crippen LogP contribution in [0.15, 0.2) is 30.3 Å². The minimum atomic E-state index is -0.412. The number of β-amino-alcohol motifs (C(OH)–C–C–N with tert-alkyl or cyclic N) is 1. The summed E-state index contributed by atoms with van der Waals surface area (Å²) in [5.41, 5.74) is 0.881. The first-order valence-corrected chi connectivity index (χ1v) is 6.16. The van der Waals surface area contributed by atoms with E-state index in [0.29, 0.717) is 6.54 Å². The Labute approximate surface area is 103 Å². The van der Waals surface area contributed by atoms with Crippen molar-refractivity contribution in [3.05, 3.63) is 35.9 Å². The topological polar surface area (TPSA) is 32.7 Å². The van der Waals surface area contributed by atoms with Gasteiger partial charge in [0.15, 0.2) is 0 Å². The summed E-state index contributed by atoms with van der Waals surface area (Å²) in [6.07, 6.45) is -0.412. The van der Waals surface area contributed by atoms with Crippen molar-refractivity contribution in [2.45, 2.75) is 25.6 Å². The Morgan fingerprint density at radius 1 is 1.35 bits per heavy atom. The van der Waals surface area contributed by atoms with Gasteiger partial charge in [0.25, 0.3) is 0 Å². The van der Waals surface area contributed by atoms with Crippen LogP contribution in [-0.2, 0) is 4.74 Å². The molecule has 1 aliphatic rings. The average Bonchev–Trinajstić information content (AvgIpc) is 2.29. The van der Waals surface area contributed by atoms with Crippen LogP contribution in [0.5, 0.6) is 0 Å². The molecule has 1 fully saturated rings. The van der Waals surface area contributed by atoms with E-state index in [1.165, 1.54) is 0 Å². The highest BCUT2D eigenvalue weighted by molar-refractivity contribution is 5.17. The number of morpholine rings is 1. The molecule has 17 heavy (non-hydrogen) atoms. The van der Waals surface area contributed by atoms with Gasteiger partial charge in [0, 0.05) is 19.6 Å². The molecule has 1 unspecified atom stereocenters. The van der Waals surface area contributed by atoms with E-state index >= 15 is 0 Å². The summed E-state index contributed by atoms with van der Waals surface area (Å²) in [5.74, 6) is 0. The van der Waals surface area contributed by atoms with Crippen molar-refractivity contribution < 1.29 is 9.84 Å². The molecular formula is C14H21NO2. The molecule has 3 nitrogen and oxygen atoms in total. The first-order chi connectivity index (χ1) is 8.07. The van der Waals surface area contributed by atoms with Gasteiger partial charge in [-0.15, -0.1) is 0 Å². The Hall–Kier alpha value is -0.900. The predicted molar refractivity (Wildman–Crippen MR) is 67.9 cm³/mol. The zero-order chi connectivity index (χ0) is 12.3. The quantitative estimate of drug-likeness (QED) is 0.867. The number of rotatable bonds is 3. The molecule has 0 bridgehead atoms. The summed E-state index contributed by atoms with van der Waals surface area (Å²) in [5, 5.41) is 10.2. The van der Waals surface area contributed by atoms with Gasteiger partial charge in [0.2, 0.25) is 0 Å². The first-order valence-electron chi connectivity index (χ1n) is 6.16. The third-order valence-electron chi connectivity index (χ3n) is 3.12. The molecule has 0 aromatic heterocycles. The molecule has 1 heterocycles. The highest BCUT2D eigenvalue weighted by atomic mass is 16.5. The van der Waals surface area contributed by atoms with Crippen LogP contribution >= 0.6 is 0 Å². The molecule has 1 N–H and O–H groups in total. The lowest BCUT2D eigenvalue weighted by Gasteiger charge is -2.38. The zero-order valence-corrected chi connectivity index (χ0v) is 10.6. The van der Waals surface area contributed by atoms with E-state index in [2.05, 4.69) is 18.7 Å². The van der Waals surface area contributed by atoms with Crippen molar-refractivity contribution in [3.63, 3.8) is 0 Å². The Balaban J connectivity index is 1.93. The van der Waals surface area contributed by atoms with E-state index < -0.39 is 6.10 Å². The van der Waals surface area contributed by atoms with Crippen LogP contribution < -0.4 is 0 Å². The van der Waals surface area contributed by atoms with Gasteiger partial charge in [-0.2, -0.15) is 0 Å². The first kappa shape index (κ1) is 12.6. The fourth-order valence-electron chi connectivity index (χ4n) is 2.30. The third kappa shape index (κ3) is 3.53. The Morgan fingerprint density at radius 2 is 2.06 bits per heavy atom. The lowest BCUT2D eigenvalue weighted by atomic mass is 10.1. The van der Waals surface area contributed by atoms with Crippen LogP contribution in [0.4, 0.5) is 0 Å². The second kappa shape index (κ2) is 5.17. The van der Waals surface area contributed by atoms with E-state index in [4.69, 9.17) is 4.74 Å². The largest absolute Gasteiger partial charge is 0.387 e. The van der Waals surface area contributed by atoms with Crippen molar-refractivity contribution >= 4 is 0 Å². The van der Waals surface area contributed by atoms with E-state index in [1.54, 1.807) is 0 Å². The molecule has 3 heteroatoms. The normalized spacial score (nSPS) is 22.3. The molecule has 94 valence electrons. The summed E-state index contributed by atoms with van der Waals surface area (Å²) in [6.45, 7) is 7.37. The fraction of sp³-hybridized carbons (Fsp3) is 0.571. The Kier molecular flexibility index (Phi) is 3.82. The second-order valence-electron chi connectivity index (χ2n) is 5.27. The molecule has 0 spiro atoms. The van der Waals surface area contributed by atoms with E-state index in [-0.39, 0.29) is 5.60 Å². The zero-order valence-electron chi connectivity index (χ0n) is 10.6. The summed E-state index contributed by atoms with van der Waals surface area (Å²) in [4.78, 5) is 2.27. The minimum absolute atomic E-state index is 0.103. The minimum Gasteiger partial charge on any atom is -0.387 e. The smallest absolute Gasteiger partial charge is 0.0916 e. The monoisotopic (exact) mass is 235 g/mol. The van der Waals surface area contributed by atoms with Crippen molar-refractivity contribution in [1.29, 1.82) is 0 Å². The molecule has 1 aliphatic heterocycles. The standard InChI is InChI=1S/C14H21NO2/c1-14(2)11-15(8-9-17-14)10-13(16)12-6-4-3-5-7-12/h3-7,13,16H,8-11H2,1-2H3. The van der Waals surface area contributed by atoms with E-state index in [1.807, 2.05) is 30.3 Å². The molecular weight excluding hydrogens is 214 g/mol. The summed E-state index contributed by atoms with van der Waals surface area (Å²) >= 11 is 0. The fourth-order valence-corrected chi connectivity index (χ4v) is 2.30. The molecule has 2 rings (SSSR count). The van der Waals surface area contributed by atoms with Crippen molar-refractivity contribution in [3.8, 4) is 0 Å². The van der Waals surface area contributed by atoms with Crippen molar-refractivity contribution in [1.82, 2.24) is 4.90 Å². The van der Waals surface area contributed by atoms with E-state index in [0.717, 1.165) is 25.3 Å². The number of hydrogen-bond donors (Lipinski definition) is 1. The van der Waals surface area contributed by atoms with Crippen LogP contribution in [0.1, 0.15) is 25.5 Å². The number of hydrogen-bond acceptors (Lipinski definition) is 3. The number of aliphatic hydroxyl groups excluding tert-OH is 1. The van der Waals surface area contributed by atoms with Gasteiger partial charge >= 0.3 is 0 Å². The van der Waals surface area contributed by atoms with Crippen molar-refractivity contribution in [2.24, 2.45) is 0 Å². The summed E-state index contributed by atoms with van der Waals surface area (Å²) in [7, 11) is 0. The van der Waals surface area contributed by atoms with Gasteiger partial charge < -0.3 is 9.84 Å². The molecule has 1 aromatic rings. The van der Waals surface area contributed by atoms with Crippen LogP contribution in [-0.4, -0.2) is 41.8 Å². The van der Waals surface area contributed by atoms with Crippen LogP contribution in [0, 0.1) is 0 Å². The van der Waals surface area contributed by atoms with Crippen LogP contribution in [0.3, 0.4) is 0 Å². The summed E-state index contributed by atoms with van der Waals surface area (Å²) in [6, 6.07) is 9.82. The second-order valence-corrected chi connectivity index (χ2v) is 5.27. The van der Waals surface area contributed by atoms with Gasteiger partial charge in [-0.1, -0.05) is 30.3 Å². The number of aliphatic hydroxyl groups is 1. The molecule has 0 amide bonds. The molecule has 1 aromatic carbocycles. The maximum atomic E-state index is 10.2. The number of ether oxygens (including phenoxy) is 1. The highest BCUT2D eigenvalue weighted by Gasteiger charge is 2.28. The maximum Gasteiger partial charge on any atom is 0.0916 e. The third-order valence-corrected chi connectivity index (χ3v) is 3.12. The Bertz CT molecular complexity index is 350. The van der Waals surface area contributed by atoms with Gasteiger partial charge in [0.05, 0.1) is 18.3 Å². The highest BCUT2D eigenvalue weighted by Crippen LogP contribution is 2.20. The SMILES string of the molecule is CC1(C)CN(CC(O)c2ccccc2)CCO1. The Morgan fingerprint density at radius 3 is 2.71 bits per heavy atom. The number of benzene rings is 1. The number of nitrogens with zero attached hydrogens (tertiary/aromatic N) is 1. The molecule has 1 saturated heterocycles. The molecule has 1 atom stereocenters. The van der Waals surface area contributed by atoms with Crippen LogP contribution in [0.25, 0.3) is 0 Å². The molecule has 0 radical (unpaired) electrons. The lowest BCUT2D eigenvalue weighted by Crippen LogP contribution is -2.49. The maximum absolute atomic E-state index is 10.2. The summed E-state index contributed by atoms with van der Waals surface area (Å²) < 4.78 is 5.66. The van der Waals surface area contributed by atoms with Gasteiger partial charge in [-0.05, 0) is 19.4 Å². The van der Waals surface area contributed by atoms with Gasteiger partial charge in [-0.3, -0.25) is 4.90 Å². The van der Waals surface area contributed by atoms with Crippen LogP contribution in [0.2, 0.25) is 0 Å². The predicted octanol–water partition coefficient (Wildman–Crippen LogP) is 1.83.